The number of fused-ring (bicyclic) bond motifs is 1. The van der Waals surface area contributed by atoms with Crippen LogP contribution in [0.2, 0.25) is 0 Å². The van der Waals surface area contributed by atoms with Gasteiger partial charge >= 0.3 is 36.2 Å². The molecular weight excluding hydrogens is 638 g/mol. The van der Waals surface area contributed by atoms with Gasteiger partial charge in [0.1, 0.15) is 29.0 Å². The molecule has 0 N–H and O–H groups in total. The van der Waals surface area contributed by atoms with Crippen LogP contribution in [0.15, 0.2) is 12.2 Å². The first-order valence-electron chi connectivity index (χ1n) is 16.5. The van der Waals surface area contributed by atoms with Crippen molar-refractivity contribution < 1.29 is 64.5 Å². The standard InChI is InChI=1S/C22H29F3O6.C11H15F3O2/c1-4-20(3,22(23,24)25)19(28)30-16-12-10-11-13(17(26)29-15(11)16)14(12)18(27)31-21(5-2)8-6-7-9-21;1-3-10(6-4-5-7-10)16-9(15)8(2)11(12,13)14/h11-16H,4-10H2,1-3H3;2-7H2,1H3. The Morgan fingerprint density at radius 2 is 1.38 bits per heavy atom. The van der Waals surface area contributed by atoms with Crippen molar-refractivity contribution in [2.24, 2.45) is 29.1 Å². The molecule has 5 rings (SSSR count). The second kappa shape index (κ2) is 13.2. The smallest absolute Gasteiger partial charge is 0.422 e. The summed E-state index contributed by atoms with van der Waals surface area (Å²) in [7, 11) is 0. The number of carbonyl (C=O) groups is 4. The van der Waals surface area contributed by atoms with Crippen LogP contribution >= 0.6 is 0 Å². The van der Waals surface area contributed by atoms with Crippen molar-refractivity contribution in [3.63, 3.8) is 0 Å². The SMILES string of the molecule is C=C(C(=O)OC1(CC)CCCC1)C(F)(F)F.CCC1(OC(=O)C2C3CC4C(OC(=O)C42)C3OC(=O)C(C)(CC)C(F)(F)F)CCCC1. The van der Waals surface area contributed by atoms with Crippen LogP contribution in [0.25, 0.3) is 0 Å². The molecule has 0 aromatic rings. The quantitative estimate of drug-likeness (QED) is 0.108. The number of halogens is 6. The van der Waals surface area contributed by atoms with Crippen LogP contribution in [0.1, 0.15) is 105 Å². The summed E-state index contributed by atoms with van der Waals surface area (Å²) < 4.78 is 98.8. The first-order valence-corrected chi connectivity index (χ1v) is 16.5. The monoisotopic (exact) mass is 682 g/mol. The fourth-order valence-corrected chi connectivity index (χ4v) is 7.93. The number of ether oxygens (including phenoxy) is 4. The minimum Gasteiger partial charge on any atom is -0.459 e. The van der Waals surface area contributed by atoms with Gasteiger partial charge in [-0.25, -0.2) is 4.79 Å². The molecule has 4 saturated carbocycles. The largest absolute Gasteiger partial charge is 0.459 e. The van der Waals surface area contributed by atoms with Gasteiger partial charge in [-0.1, -0.05) is 27.4 Å². The van der Waals surface area contributed by atoms with Gasteiger partial charge in [0.05, 0.1) is 11.8 Å². The van der Waals surface area contributed by atoms with Gasteiger partial charge in [0.25, 0.3) is 0 Å². The summed E-state index contributed by atoms with van der Waals surface area (Å²) in [6.07, 6.45) is -3.73. The van der Waals surface area contributed by atoms with Gasteiger partial charge in [-0.15, -0.1) is 0 Å². The molecule has 0 spiro atoms. The average Bonchev–Trinajstić information content (AvgIpc) is 3.82. The van der Waals surface area contributed by atoms with Crippen LogP contribution in [0.4, 0.5) is 26.3 Å². The molecule has 7 atom stereocenters. The van der Waals surface area contributed by atoms with Crippen molar-refractivity contribution in [3.8, 4) is 0 Å². The van der Waals surface area contributed by atoms with Crippen molar-refractivity contribution in [1.82, 2.24) is 0 Å². The molecule has 1 saturated heterocycles. The van der Waals surface area contributed by atoms with Crippen LogP contribution in [0.5, 0.6) is 0 Å². The minimum atomic E-state index is -4.78. The van der Waals surface area contributed by atoms with Gasteiger partial charge in [-0.05, 0) is 84.0 Å². The van der Waals surface area contributed by atoms with Gasteiger partial charge < -0.3 is 18.9 Å². The van der Waals surface area contributed by atoms with Gasteiger partial charge in [0, 0.05) is 11.8 Å². The molecule has 7 unspecified atom stereocenters. The summed E-state index contributed by atoms with van der Waals surface area (Å²) in [5, 5.41) is 0. The van der Waals surface area contributed by atoms with E-state index in [9.17, 15) is 45.5 Å². The zero-order chi connectivity index (χ0) is 35.2. The topological polar surface area (TPSA) is 105 Å². The Morgan fingerprint density at radius 1 is 0.872 bits per heavy atom. The van der Waals surface area contributed by atoms with E-state index in [-0.39, 0.29) is 5.92 Å². The predicted octanol–water partition coefficient (Wildman–Crippen LogP) is 7.32. The Balaban J connectivity index is 0.000000264. The Hall–Kier alpha value is -2.80. The Labute approximate surface area is 270 Å². The van der Waals surface area contributed by atoms with Crippen molar-refractivity contribution in [2.45, 2.75) is 141 Å². The molecule has 47 heavy (non-hydrogen) atoms. The van der Waals surface area contributed by atoms with Crippen LogP contribution in [0, 0.1) is 29.1 Å². The molecule has 5 aliphatic rings. The molecule has 2 bridgehead atoms. The third-order valence-corrected chi connectivity index (χ3v) is 11.4. The van der Waals surface area contributed by atoms with E-state index in [1.165, 1.54) is 6.92 Å². The van der Waals surface area contributed by atoms with Gasteiger partial charge in [0.15, 0.2) is 5.41 Å². The lowest BCUT2D eigenvalue weighted by molar-refractivity contribution is -0.237. The average molecular weight is 683 g/mol. The van der Waals surface area contributed by atoms with Gasteiger partial charge in [-0.3, -0.25) is 14.4 Å². The maximum absolute atomic E-state index is 13.5. The zero-order valence-corrected chi connectivity index (χ0v) is 27.2. The maximum Gasteiger partial charge on any atom is 0.422 e. The summed E-state index contributed by atoms with van der Waals surface area (Å²) in [6, 6.07) is 0. The van der Waals surface area contributed by atoms with Crippen molar-refractivity contribution in [1.29, 1.82) is 0 Å². The summed E-state index contributed by atoms with van der Waals surface area (Å²) in [5.41, 5.74) is -5.34. The first-order chi connectivity index (χ1) is 21.8. The molecule has 266 valence electrons. The Kier molecular flexibility index (Phi) is 10.4. The second-order valence-corrected chi connectivity index (χ2v) is 13.8. The third kappa shape index (κ3) is 6.89. The van der Waals surface area contributed by atoms with Crippen molar-refractivity contribution >= 4 is 23.9 Å². The maximum atomic E-state index is 13.5. The fraction of sp³-hybridized carbons (Fsp3) is 0.818. The minimum absolute atomic E-state index is 0.340. The van der Waals surface area contributed by atoms with E-state index in [0.29, 0.717) is 32.1 Å². The van der Waals surface area contributed by atoms with E-state index in [1.54, 1.807) is 0 Å². The summed E-state index contributed by atoms with van der Waals surface area (Å²) >= 11 is 0. The lowest BCUT2D eigenvalue weighted by atomic mass is 9.78. The highest BCUT2D eigenvalue weighted by molar-refractivity contribution is 5.89. The molecule has 14 heteroatoms. The van der Waals surface area contributed by atoms with E-state index in [4.69, 9.17) is 18.9 Å². The Bertz CT molecular complexity index is 1230. The van der Waals surface area contributed by atoms with Crippen molar-refractivity contribution in [2.75, 3.05) is 0 Å². The molecule has 0 amide bonds. The number of esters is 4. The molecule has 5 fully saturated rings. The number of hydrogen-bond acceptors (Lipinski definition) is 8. The zero-order valence-electron chi connectivity index (χ0n) is 27.2. The molecule has 0 aromatic heterocycles. The molecule has 1 heterocycles. The number of rotatable bonds is 9. The highest BCUT2D eigenvalue weighted by Crippen LogP contribution is 2.60. The van der Waals surface area contributed by atoms with E-state index >= 15 is 0 Å². The molecule has 0 aromatic carbocycles. The molecule has 0 radical (unpaired) electrons. The van der Waals surface area contributed by atoms with E-state index in [0.717, 1.165) is 45.4 Å². The van der Waals surface area contributed by atoms with Crippen LogP contribution in [0.3, 0.4) is 0 Å². The van der Waals surface area contributed by atoms with E-state index in [2.05, 4.69) is 6.58 Å². The Morgan fingerprint density at radius 3 is 1.83 bits per heavy atom. The van der Waals surface area contributed by atoms with Gasteiger partial charge in [0.2, 0.25) is 0 Å². The predicted molar refractivity (Wildman–Crippen MR) is 153 cm³/mol. The molecule has 4 aliphatic carbocycles. The summed E-state index contributed by atoms with van der Waals surface area (Å²) in [5.74, 6) is -6.24. The lowest BCUT2D eigenvalue weighted by Gasteiger charge is -2.36. The molecular formula is C33H44F6O8. The third-order valence-electron chi connectivity index (χ3n) is 11.4. The summed E-state index contributed by atoms with van der Waals surface area (Å²) in [4.78, 5) is 49.5. The highest BCUT2D eigenvalue weighted by atomic mass is 19.4. The fourth-order valence-electron chi connectivity index (χ4n) is 7.93. The van der Waals surface area contributed by atoms with E-state index < -0.39 is 94.8 Å². The molecule has 8 nitrogen and oxygen atoms in total. The lowest BCUT2D eigenvalue weighted by Crippen LogP contribution is -2.49. The van der Waals surface area contributed by atoms with Crippen LogP contribution < -0.4 is 0 Å². The number of alkyl halides is 6. The van der Waals surface area contributed by atoms with Crippen LogP contribution in [-0.4, -0.2) is 59.6 Å². The van der Waals surface area contributed by atoms with Crippen molar-refractivity contribution in [3.05, 3.63) is 12.2 Å². The number of hydrogen-bond donors (Lipinski definition) is 0. The van der Waals surface area contributed by atoms with Gasteiger partial charge in [-0.2, -0.15) is 26.3 Å². The highest BCUT2D eigenvalue weighted by Gasteiger charge is 2.71. The number of carbonyl (C=O) groups excluding carboxylic acids is 4. The summed E-state index contributed by atoms with van der Waals surface area (Å²) in [6.45, 7) is 8.58. The normalized spacial score (nSPS) is 31.3. The van der Waals surface area contributed by atoms with E-state index in [1.807, 2.05) is 13.8 Å². The van der Waals surface area contributed by atoms with Crippen LogP contribution in [-0.2, 0) is 38.1 Å². The second-order valence-electron chi connectivity index (χ2n) is 13.8. The molecule has 1 aliphatic heterocycles. The first kappa shape index (κ1) is 37.0.